The van der Waals surface area contributed by atoms with Crippen molar-refractivity contribution in [2.75, 3.05) is 20.2 Å². The molecule has 0 spiro atoms. The van der Waals surface area contributed by atoms with E-state index in [4.69, 9.17) is 9.47 Å². The van der Waals surface area contributed by atoms with E-state index in [1.54, 1.807) is 66.6 Å². The van der Waals surface area contributed by atoms with Crippen molar-refractivity contribution < 1.29 is 19.1 Å². The topological polar surface area (TPSA) is 79.6 Å². The third-order valence-electron chi connectivity index (χ3n) is 4.47. The number of likely N-dealkylation sites (tertiary alicyclic amines) is 1. The van der Waals surface area contributed by atoms with Gasteiger partial charge in [-0.25, -0.2) is 4.79 Å². The monoisotopic (exact) mass is 376 g/mol. The molecule has 1 heterocycles. The number of benzene rings is 2. The minimum absolute atomic E-state index is 0.102. The van der Waals surface area contributed by atoms with Crippen LogP contribution >= 0.6 is 0 Å². The molecule has 0 N–H and O–H groups in total. The first-order valence-corrected chi connectivity index (χ1v) is 8.98. The second-order valence-corrected chi connectivity index (χ2v) is 6.36. The number of rotatable bonds is 5. The lowest BCUT2D eigenvalue weighted by Gasteiger charge is -2.14. The minimum atomic E-state index is -0.479. The molecule has 0 aliphatic carbocycles. The van der Waals surface area contributed by atoms with Gasteiger partial charge >= 0.3 is 5.97 Å². The van der Waals surface area contributed by atoms with Crippen LogP contribution in [0.3, 0.4) is 0 Å². The van der Waals surface area contributed by atoms with Crippen LogP contribution in [0.1, 0.15) is 28.8 Å². The Hall–Kier alpha value is -3.59. The quantitative estimate of drug-likeness (QED) is 0.346. The zero-order valence-electron chi connectivity index (χ0n) is 15.6. The Morgan fingerprint density at radius 3 is 2.18 bits per heavy atom. The first-order chi connectivity index (χ1) is 13.6. The van der Waals surface area contributed by atoms with Crippen LogP contribution in [-0.2, 0) is 4.79 Å². The minimum Gasteiger partial charge on any atom is -0.497 e. The van der Waals surface area contributed by atoms with Crippen LogP contribution in [0.2, 0.25) is 0 Å². The number of amides is 1. The predicted octanol–water partition coefficient (Wildman–Crippen LogP) is 3.44. The van der Waals surface area contributed by atoms with Crippen LogP contribution in [0.4, 0.5) is 0 Å². The van der Waals surface area contributed by atoms with E-state index in [2.05, 4.69) is 0 Å². The van der Waals surface area contributed by atoms with Gasteiger partial charge < -0.3 is 14.4 Å². The van der Waals surface area contributed by atoms with Gasteiger partial charge in [-0.3, -0.25) is 4.79 Å². The van der Waals surface area contributed by atoms with E-state index in [0.29, 0.717) is 35.7 Å². The van der Waals surface area contributed by atoms with E-state index >= 15 is 0 Å². The molecule has 28 heavy (non-hydrogen) atoms. The molecule has 3 rings (SSSR count). The van der Waals surface area contributed by atoms with E-state index < -0.39 is 5.97 Å². The Bertz CT molecular complexity index is 919. The van der Waals surface area contributed by atoms with Crippen molar-refractivity contribution >= 4 is 18.0 Å². The maximum absolute atomic E-state index is 12.4. The Balaban J connectivity index is 1.67. The summed E-state index contributed by atoms with van der Waals surface area (Å²) in [6.45, 7) is 1.39. The molecule has 0 unspecified atom stereocenters. The number of ether oxygens (including phenoxy) is 2. The third kappa shape index (κ3) is 4.57. The van der Waals surface area contributed by atoms with Crippen molar-refractivity contribution in [3.05, 3.63) is 65.2 Å². The molecule has 6 nitrogen and oxygen atoms in total. The number of hydrogen-bond acceptors (Lipinski definition) is 5. The molecule has 1 amide bonds. The van der Waals surface area contributed by atoms with E-state index in [9.17, 15) is 14.9 Å². The molecule has 0 aromatic heterocycles. The fraction of sp³-hybridized carbons (Fsp3) is 0.227. The summed E-state index contributed by atoms with van der Waals surface area (Å²) in [5.74, 6) is 0.315. The van der Waals surface area contributed by atoms with Gasteiger partial charge in [-0.15, -0.1) is 0 Å². The van der Waals surface area contributed by atoms with E-state index in [1.165, 1.54) is 0 Å². The van der Waals surface area contributed by atoms with E-state index in [1.807, 2.05) is 6.07 Å². The van der Waals surface area contributed by atoms with Crippen molar-refractivity contribution in [3.8, 4) is 17.6 Å². The van der Waals surface area contributed by atoms with Gasteiger partial charge in [-0.1, -0.05) is 12.1 Å². The maximum atomic E-state index is 12.4. The predicted molar refractivity (Wildman–Crippen MR) is 104 cm³/mol. The summed E-state index contributed by atoms with van der Waals surface area (Å²) in [6.07, 6.45) is 3.49. The van der Waals surface area contributed by atoms with Gasteiger partial charge in [0.1, 0.15) is 23.1 Å². The summed E-state index contributed by atoms with van der Waals surface area (Å²) < 4.78 is 10.4. The Labute approximate surface area is 163 Å². The van der Waals surface area contributed by atoms with Crippen molar-refractivity contribution in [2.24, 2.45) is 0 Å². The number of esters is 1. The lowest BCUT2D eigenvalue weighted by atomic mass is 10.1. The highest BCUT2D eigenvalue weighted by Crippen LogP contribution is 2.19. The summed E-state index contributed by atoms with van der Waals surface area (Å²) in [5, 5.41) is 9.31. The third-order valence-corrected chi connectivity index (χ3v) is 4.47. The van der Waals surface area contributed by atoms with Crippen molar-refractivity contribution in [3.63, 3.8) is 0 Å². The molecule has 1 aliphatic heterocycles. The summed E-state index contributed by atoms with van der Waals surface area (Å²) in [6, 6.07) is 15.3. The fourth-order valence-electron chi connectivity index (χ4n) is 2.92. The van der Waals surface area contributed by atoms with Gasteiger partial charge in [0.15, 0.2) is 0 Å². The normalized spacial score (nSPS) is 13.7. The summed E-state index contributed by atoms with van der Waals surface area (Å²) in [7, 11) is 1.56. The average Bonchev–Trinajstić information content (AvgIpc) is 3.27. The van der Waals surface area contributed by atoms with Gasteiger partial charge in [0.25, 0.3) is 5.91 Å². The van der Waals surface area contributed by atoms with Gasteiger partial charge in [-0.2, -0.15) is 5.26 Å². The summed E-state index contributed by atoms with van der Waals surface area (Å²) in [5.41, 5.74) is 1.20. The lowest BCUT2D eigenvalue weighted by Crippen LogP contribution is -2.28. The average molecular weight is 376 g/mol. The number of carbonyl (C=O) groups excluding carboxylic acids is 2. The van der Waals surface area contributed by atoms with E-state index in [0.717, 1.165) is 12.8 Å². The first-order valence-electron chi connectivity index (χ1n) is 8.98. The van der Waals surface area contributed by atoms with Gasteiger partial charge in [0.2, 0.25) is 0 Å². The maximum Gasteiger partial charge on any atom is 0.343 e. The zero-order chi connectivity index (χ0) is 19.9. The Kier molecular flexibility index (Phi) is 6.07. The number of carbonyl (C=O) groups is 2. The van der Waals surface area contributed by atoms with Gasteiger partial charge in [-0.05, 0) is 60.9 Å². The molecule has 0 atom stereocenters. The van der Waals surface area contributed by atoms with Crippen molar-refractivity contribution in [1.29, 1.82) is 5.26 Å². The van der Waals surface area contributed by atoms with Crippen molar-refractivity contribution in [2.45, 2.75) is 12.8 Å². The molecule has 0 saturated carbocycles. The van der Waals surface area contributed by atoms with Crippen molar-refractivity contribution in [1.82, 2.24) is 4.90 Å². The van der Waals surface area contributed by atoms with Crippen LogP contribution in [0.25, 0.3) is 6.08 Å². The Morgan fingerprint density at radius 1 is 1.00 bits per heavy atom. The fourth-order valence-corrected chi connectivity index (χ4v) is 2.92. The van der Waals surface area contributed by atoms with Crippen LogP contribution in [0.15, 0.2) is 54.1 Å². The molecular formula is C22H20N2O4. The zero-order valence-corrected chi connectivity index (χ0v) is 15.6. The molecule has 2 aromatic carbocycles. The van der Waals surface area contributed by atoms with Gasteiger partial charge in [0, 0.05) is 13.1 Å². The number of methoxy groups -OCH3 is 1. The smallest absolute Gasteiger partial charge is 0.343 e. The van der Waals surface area contributed by atoms with Crippen LogP contribution in [-0.4, -0.2) is 37.0 Å². The molecule has 142 valence electrons. The SMILES string of the molecule is COc1ccc(C(=O)Oc2ccc(/C=C(\C#N)C(=O)N3CCCC3)cc2)cc1. The highest BCUT2D eigenvalue weighted by atomic mass is 16.5. The number of nitriles is 1. The second-order valence-electron chi connectivity index (χ2n) is 6.36. The van der Waals surface area contributed by atoms with E-state index in [-0.39, 0.29) is 11.5 Å². The largest absolute Gasteiger partial charge is 0.497 e. The van der Waals surface area contributed by atoms with Crippen LogP contribution in [0.5, 0.6) is 11.5 Å². The standard InChI is InChI=1S/C22H20N2O4/c1-27-19-10-6-17(7-11-19)22(26)28-20-8-4-16(5-9-20)14-18(15-23)21(25)24-12-2-3-13-24/h4-11,14H,2-3,12-13H2,1H3/b18-14+. The molecular weight excluding hydrogens is 356 g/mol. The highest BCUT2D eigenvalue weighted by Gasteiger charge is 2.21. The summed E-state index contributed by atoms with van der Waals surface area (Å²) in [4.78, 5) is 26.2. The molecule has 1 fully saturated rings. The second kappa shape index (κ2) is 8.87. The molecule has 0 radical (unpaired) electrons. The molecule has 1 saturated heterocycles. The summed E-state index contributed by atoms with van der Waals surface area (Å²) >= 11 is 0. The van der Waals surface area contributed by atoms with Crippen LogP contribution < -0.4 is 9.47 Å². The first kappa shape index (κ1) is 19.2. The Morgan fingerprint density at radius 2 is 1.61 bits per heavy atom. The molecule has 0 bridgehead atoms. The molecule has 1 aliphatic rings. The number of hydrogen-bond donors (Lipinski definition) is 0. The number of nitrogens with zero attached hydrogens (tertiary/aromatic N) is 2. The van der Waals surface area contributed by atoms with Crippen LogP contribution in [0, 0.1) is 11.3 Å². The highest BCUT2D eigenvalue weighted by molar-refractivity contribution is 6.01. The van der Waals surface area contributed by atoms with Gasteiger partial charge in [0.05, 0.1) is 12.7 Å². The molecule has 2 aromatic rings. The lowest BCUT2D eigenvalue weighted by molar-refractivity contribution is -0.125. The molecule has 6 heteroatoms.